The molecule has 4 N–H and O–H groups in total. The lowest BCUT2D eigenvalue weighted by molar-refractivity contribution is -0.142. The summed E-state index contributed by atoms with van der Waals surface area (Å²) in [6.07, 6.45) is 2.28. The lowest BCUT2D eigenvalue weighted by Gasteiger charge is -2.21. The highest BCUT2D eigenvalue weighted by Crippen LogP contribution is 2.26. The van der Waals surface area contributed by atoms with Crippen LogP contribution in [-0.4, -0.2) is 59.1 Å². The van der Waals surface area contributed by atoms with Crippen LogP contribution in [0.2, 0.25) is 0 Å². The number of pyridine rings is 1. The summed E-state index contributed by atoms with van der Waals surface area (Å²) >= 11 is 0. The quantitative estimate of drug-likeness (QED) is 0.140. The molecule has 0 atom stereocenters. The van der Waals surface area contributed by atoms with Gasteiger partial charge in [-0.15, -0.1) is 0 Å². The van der Waals surface area contributed by atoms with Crippen LogP contribution >= 0.6 is 0 Å². The number of amidine groups is 1. The second kappa shape index (κ2) is 12.7. The van der Waals surface area contributed by atoms with Gasteiger partial charge in [0.25, 0.3) is 5.91 Å². The third kappa shape index (κ3) is 6.37. The number of nitrogen functional groups attached to an aromatic ring is 1. The molecule has 208 valence electrons. The molecule has 0 saturated heterocycles. The van der Waals surface area contributed by atoms with Crippen molar-refractivity contribution in [3.8, 4) is 5.75 Å². The van der Waals surface area contributed by atoms with Gasteiger partial charge in [0, 0.05) is 43.9 Å². The minimum Gasteiger partial charge on any atom is -0.495 e. The minimum absolute atomic E-state index is 0.0236. The van der Waals surface area contributed by atoms with E-state index in [-0.39, 0.29) is 37.3 Å². The van der Waals surface area contributed by atoms with E-state index in [1.165, 1.54) is 4.90 Å². The SMILES string of the molecule is CCOC(=O)CCN(C(=O)c1ccc2c(c1)nc(CCNc1ccc(C(=N)N)cc1OC)n2C)c1ccccn1. The second-order valence-corrected chi connectivity index (χ2v) is 9.00. The van der Waals surface area contributed by atoms with E-state index >= 15 is 0 Å². The molecule has 1 amide bonds. The first-order chi connectivity index (χ1) is 19.3. The van der Waals surface area contributed by atoms with Crippen molar-refractivity contribution in [1.29, 1.82) is 5.41 Å². The zero-order valence-corrected chi connectivity index (χ0v) is 22.8. The second-order valence-electron chi connectivity index (χ2n) is 9.00. The fourth-order valence-electron chi connectivity index (χ4n) is 4.35. The van der Waals surface area contributed by atoms with Crippen molar-refractivity contribution in [2.45, 2.75) is 19.8 Å². The summed E-state index contributed by atoms with van der Waals surface area (Å²) in [6.45, 7) is 2.75. The molecule has 11 nitrogen and oxygen atoms in total. The fraction of sp³-hybridized carbons (Fsp3) is 0.276. The van der Waals surface area contributed by atoms with Crippen LogP contribution in [0.4, 0.5) is 11.5 Å². The van der Waals surface area contributed by atoms with Gasteiger partial charge >= 0.3 is 5.97 Å². The number of benzene rings is 2. The van der Waals surface area contributed by atoms with Crippen LogP contribution in [0, 0.1) is 5.41 Å². The van der Waals surface area contributed by atoms with Gasteiger partial charge in [0.1, 0.15) is 23.2 Å². The van der Waals surface area contributed by atoms with Gasteiger partial charge in [-0.25, -0.2) is 9.97 Å². The minimum atomic E-state index is -0.373. The summed E-state index contributed by atoms with van der Waals surface area (Å²) in [4.78, 5) is 36.1. The Morgan fingerprint density at radius 1 is 1.12 bits per heavy atom. The predicted molar refractivity (Wildman–Crippen MR) is 154 cm³/mol. The molecule has 2 aromatic heterocycles. The number of carbonyl (C=O) groups is 2. The van der Waals surface area contributed by atoms with E-state index in [4.69, 9.17) is 25.6 Å². The molecule has 2 heterocycles. The summed E-state index contributed by atoms with van der Waals surface area (Å²) in [5.74, 6) is 1.22. The number of esters is 1. The van der Waals surface area contributed by atoms with Gasteiger partial charge < -0.3 is 25.1 Å². The van der Waals surface area contributed by atoms with E-state index < -0.39 is 0 Å². The standard InChI is InChI=1S/C29H33N7O4/c1-4-40-27(37)13-16-36(25-7-5-6-14-33-25)29(38)20-9-11-23-22(17-20)34-26(35(23)2)12-15-32-21-10-8-19(28(30)31)18-24(21)39-3/h5-11,14,17-18,32H,4,12-13,15-16H2,1-3H3,(H3,30,31). The molecule has 4 rings (SSSR count). The fourth-order valence-corrected chi connectivity index (χ4v) is 4.35. The number of nitrogens with one attached hydrogen (secondary N) is 2. The Hall–Kier alpha value is -4.93. The molecule has 4 aromatic rings. The molecule has 0 radical (unpaired) electrons. The summed E-state index contributed by atoms with van der Waals surface area (Å²) in [6, 6.07) is 16.0. The van der Waals surface area contributed by atoms with Crippen LogP contribution < -0.4 is 20.7 Å². The maximum Gasteiger partial charge on any atom is 0.307 e. The van der Waals surface area contributed by atoms with Crippen LogP contribution in [-0.2, 0) is 23.0 Å². The maximum absolute atomic E-state index is 13.6. The van der Waals surface area contributed by atoms with Crippen molar-refractivity contribution in [1.82, 2.24) is 14.5 Å². The van der Waals surface area contributed by atoms with Crippen LogP contribution in [0.15, 0.2) is 60.8 Å². The average Bonchev–Trinajstić information content (AvgIpc) is 3.28. The van der Waals surface area contributed by atoms with Crippen molar-refractivity contribution in [3.05, 3.63) is 77.7 Å². The molecule has 0 spiro atoms. The van der Waals surface area contributed by atoms with E-state index in [2.05, 4.69) is 10.3 Å². The molecule has 0 bridgehead atoms. The number of imidazole rings is 1. The number of anilines is 2. The van der Waals surface area contributed by atoms with E-state index in [1.54, 1.807) is 62.7 Å². The van der Waals surface area contributed by atoms with Crippen LogP contribution in [0.5, 0.6) is 5.75 Å². The number of ether oxygens (including phenoxy) is 2. The molecule has 0 aliphatic rings. The Labute approximate surface area is 232 Å². The van der Waals surface area contributed by atoms with E-state index in [0.29, 0.717) is 41.2 Å². The third-order valence-corrected chi connectivity index (χ3v) is 6.41. The van der Waals surface area contributed by atoms with Crippen molar-refractivity contribution >= 4 is 40.3 Å². The van der Waals surface area contributed by atoms with E-state index in [9.17, 15) is 9.59 Å². The Kier molecular flexibility index (Phi) is 8.95. The molecule has 0 saturated carbocycles. The molecule has 0 unspecified atom stereocenters. The Morgan fingerprint density at radius 2 is 1.93 bits per heavy atom. The Morgan fingerprint density at radius 3 is 2.62 bits per heavy atom. The van der Waals surface area contributed by atoms with Crippen molar-refractivity contribution < 1.29 is 19.1 Å². The van der Waals surface area contributed by atoms with Crippen LogP contribution in [0.25, 0.3) is 11.0 Å². The highest BCUT2D eigenvalue weighted by atomic mass is 16.5. The van der Waals surface area contributed by atoms with Gasteiger partial charge in [0.2, 0.25) is 0 Å². The van der Waals surface area contributed by atoms with Gasteiger partial charge in [0.15, 0.2) is 0 Å². The largest absolute Gasteiger partial charge is 0.495 e. The zero-order valence-electron chi connectivity index (χ0n) is 22.8. The van der Waals surface area contributed by atoms with E-state index in [1.807, 2.05) is 23.7 Å². The molecule has 11 heteroatoms. The molecule has 0 fully saturated rings. The first-order valence-electron chi connectivity index (χ1n) is 12.9. The highest BCUT2D eigenvalue weighted by molar-refractivity contribution is 6.07. The molecule has 0 aliphatic heterocycles. The summed E-state index contributed by atoms with van der Waals surface area (Å²) in [5.41, 5.74) is 8.99. The zero-order chi connectivity index (χ0) is 28.6. The van der Waals surface area contributed by atoms with Crippen molar-refractivity contribution in [2.75, 3.05) is 37.0 Å². The summed E-state index contributed by atoms with van der Waals surface area (Å²) in [7, 11) is 3.51. The Bertz CT molecular complexity index is 1520. The number of amides is 1. The molecule has 0 aliphatic carbocycles. The lowest BCUT2D eigenvalue weighted by atomic mass is 10.1. The third-order valence-electron chi connectivity index (χ3n) is 6.41. The van der Waals surface area contributed by atoms with Gasteiger partial charge in [-0.1, -0.05) is 6.07 Å². The number of rotatable bonds is 12. The number of methoxy groups -OCH3 is 1. The van der Waals surface area contributed by atoms with Gasteiger partial charge in [-0.05, 0) is 55.5 Å². The number of hydrogen-bond donors (Lipinski definition) is 3. The normalized spacial score (nSPS) is 10.8. The van der Waals surface area contributed by atoms with Gasteiger partial charge in [-0.3, -0.25) is 19.9 Å². The number of nitrogens with zero attached hydrogens (tertiary/aromatic N) is 4. The predicted octanol–water partition coefficient (Wildman–Crippen LogP) is 3.52. The number of hydrogen-bond acceptors (Lipinski definition) is 8. The first-order valence-corrected chi connectivity index (χ1v) is 12.9. The number of fused-ring (bicyclic) bond motifs is 1. The summed E-state index contributed by atoms with van der Waals surface area (Å²) < 4.78 is 12.5. The topological polar surface area (TPSA) is 148 Å². The highest BCUT2D eigenvalue weighted by Gasteiger charge is 2.21. The van der Waals surface area contributed by atoms with Gasteiger partial charge in [0.05, 0.1) is 36.9 Å². The smallest absolute Gasteiger partial charge is 0.307 e. The number of nitrogens with two attached hydrogens (primary N) is 1. The maximum atomic E-state index is 13.6. The molecule has 2 aromatic carbocycles. The molecular weight excluding hydrogens is 510 g/mol. The number of carbonyl (C=O) groups excluding carboxylic acids is 2. The average molecular weight is 544 g/mol. The van der Waals surface area contributed by atoms with Crippen LogP contribution in [0.3, 0.4) is 0 Å². The lowest BCUT2D eigenvalue weighted by Crippen LogP contribution is -2.34. The molecular formula is C29H33N7O4. The summed E-state index contributed by atoms with van der Waals surface area (Å²) in [5, 5.41) is 11.0. The first kappa shape index (κ1) is 28.1. The van der Waals surface area contributed by atoms with Crippen molar-refractivity contribution in [3.63, 3.8) is 0 Å². The number of aromatic nitrogens is 3. The monoisotopic (exact) mass is 543 g/mol. The Balaban J connectivity index is 1.51. The van der Waals surface area contributed by atoms with Gasteiger partial charge in [-0.2, -0.15) is 0 Å². The molecule has 40 heavy (non-hydrogen) atoms. The number of aryl methyl sites for hydroxylation is 1. The van der Waals surface area contributed by atoms with E-state index in [0.717, 1.165) is 17.0 Å². The van der Waals surface area contributed by atoms with Crippen LogP contribution in [0.1, 0.15) is 35.1 Å². The van der Waals surface area contributed by atoms with Crippen molar-refractivity contribution in [2.24, 2.45) is 12.8 Å².